The van der Waals surface area contributed by atoms with Crippen LogP contribution in [-0.4, -0.2) is 48.2 Å². The van der Waals surface area contributed by atoms with Crippen LogP contribution in [0.15, 0.2) is 54.1 Å². The third-order valence-corrected chi connectivity index (χ3v) is 5.67. The summed E-state index contributed by atoms with van der Waals surface area (Å²) in [4.78, 5) is 14.4. The number of carbonyl (C=O) groups is 1. The van der Waals surface area contributed by atoms with Crippen molar-refractivity contribution in [2.45, 2.75) is 31.3 Å². The van der Waals surface area contributed by atoms with Crippen molar-refractivity contribution in [3.8, 4) is 0 Å². The molecular weight excluding hydrogens is 324 g/mol. The van der Waals surface area contributed by atoms with Crippen LogP contribution in [0.4, 0.5) is 0 Å². The number of piperidine rings is 1. The fourth-order valence-corrected chi connectivity index (χ4v) is 4.12. The van der Waals surface area contributed by atoms with Gasteiger partial charge in [0.2, 0.25) is 5.91 Å². The summed E-state index contributed by atoms with van der Waals surface area (Å²) in [6.45, 7) is 2.96. The zero-order valence-electron chi connectivity index (χ0n) is 15.0. The van der Waals surface area contributed by atoms with E-state index in [0.29, 0.717) is 13.0 Å². The molecule has 0 unspecified atom stereocenters. The third kappa shape index (κ3) is 3.67. The predicted molar refractivity (Wildman–Crippen MR) is 104 cm³/mol. The molecule has 0 aliphatic carbocycles. The number of aliphatic hydroxyl groups excluding tert-OH is 1. The molecule has 26 heavy (non-hydrogen) atoms. The third-order valence-electron chi connectivity index (χ3n) is 5.67. The number of β-amino-alcohol motifs (C(OH)–C–C–N with tert-alkyl or cyclic N) is 1. The molecule has 1 fully saturated rings. The fraction of sp³-hybridized carbons (Fsp3) is 0.409. The van der Waals surface area contributed by atoms with E-state index >= 15 is 0 Å². The van der Waals surface area contributed by atoms with E-state index in [1.54, 1.807) is 0 Å². The average molecular weight is 350 g/mol. The fourth-order valence-electron chi connectivity index (χ4n) is 4.12. The maximum Gasteiger partial charge on any atom is 0.226 e. The van der Waals surface area contributed by atoms with Crippen LogP contribution in [0.1, 0.15) is 30.7 Å². The van der Waals surface area contributed by atoms with Gasteiger partial charge >= 0.3 is 0 Å². The maximum absolute atomic E-state index is 12.6. The van der Waals surface area contributed by atoms with Crippen LogP contribution in [0.3, 0.4) is 0 Å². The molecule has 2 atom stereocenters. The molecule has 1 saturated heterocycles. The standard InChI is InChI=1S/C22H26N2O2/c25-21-15-24(22(26)13-16-7-10-23-11-8-16)12-9-20(21)19-6-5-17-3-1-2-4-18(17)14-19/h1-7,14,20-21,23,25H,8-13,15H2/t20-,21+/m0/s1. The zero-order chi connectivity index (χ0) is 17.9. The van der Waals surface area contributed by atoms with Gasteiger partial charge in [-0.3, -0.25) is 4.79 Å². The van der Waals surface area contributed by atoms with Crippen molar-refractivity contribution in [2.75, 3.05) is 26.2 Å². The Kier molecular flexibility index (Phi) is 5.05. The van der Waals surface area contributed by atoms with Crippen LogP contribution in [0.2, 0.25) is 0 Å². The van der Waals surface area contributed by atoms with Gasteiger partial charge in [0.15, 0.2) is 0 Å². The van der Waals surface area contributed by atoms with E-state index in [9.17, 15) is 9.90 Å². The number of amides is 1. The molecule has 2 aromatic rings. The molecule has 2 aromatic carbocycles. The van der Waals surface area contributed by atoms with Gasteiger partial charge in [-0.05, 0) is 35.7 Å². The Bertz CT molecular complexity index is 830. The summed E-state index contributed by atoms with van der Waals surface area (Å²) >= 11 is 0. The van der Waals surface area contributed by atoms with Crippen LogP contribution >= 0.6 is 0 Å². The molecule has 2 heterocycles. The lowest BCUT2D eigenvalue weighted by atomic mass is 9.86. The molecule has 2 N–H and O–H groups in total. The lowest BCUT2D eigenvalue weighted by molar-refractivity contribution is -0.134. The molecule has 4 rings (SSSR count). The summed E-state index contributed by atoms with van der Waals surface area (Å²) in [6.07, 6.45) is 3.87. The van der Waals surface area contributed by atoms with Gasteiger partial charge < -0.3 is 15.3 Å². The Labute approximate surface area is 154 Å². The first kappa shape index (κ1) is 17.3. The number of benzene rings is 2. The quantitative estimate of drug-likeness (QED) is 0.837. The number of nitrogens with one attached hydrogen (secondary N) is 1. The normalized spacial score (nSPS) is 23.7. The molecule has 4 heteroatoms. The van der Waals surface area contributed by atoms with Gasteiger partial charge in [0.05, 0.1) is 6.10 Å². The number of rotatable bonds is 3. The summed E-state index contributed by atoms with van der Waals surface area (Å²) in [6, 6.07) is 14.7. The minimum atomic E-state index is -0.504. The molecule has 0 radical (unpaired) electrons. The topological polar surface area (TPSA) is 52.6 Å². The Morgan fingerprint density at radius 1 is 1.19 bits per heavy atom. The highest BCUT2D eigenvalue weighted by molar-refractivity contribution is 5.83. The number of fused-ring (bicyclic) bond motifs is 1. The second-order valence-electron chi connectivity index (χ2n) is 7.40. The molecule has 0 saturated carbocycles. The number of aliphatic hydroxyl groups is 1. The summed E-state index contributed by atoms with van der Waals surface area (Å²) in [5.41, 5.74) is 2.39. The van der Waals surface area contributed by atoms with E-state index < -0.39 is 6.10 Å². The van der Waals surface area contributed by atoms with Crippen LogP contribution in [0, 0.1) is 0 Å². The largest absolute Gasteiger partial charge is 0.391 e. The molecule has 0 aromatic heterocycles. The highest BCUT2D eigenvalue weighted by Crippen LogP contribution is 2.31. The summed E-state index contributed by atoms with van der Waals surface area (Å²) in [5, 5.41) is 16.4. The van der Waals surface area contributed by atoms with Crippen molar-refractivity contribution in [1.29, 1.82) is 0 Å². The van der Waals surface area contributed by atoms with Crippen LogP contribution in [0.5, 0.6) is 0 Å². The summed E-state index contributed by atoms with van der Waals surface area (Å²) < 4.78 is 0. The highest BCUT2D eigenvalue weighted by atomic mass is 16.3. The Morgan fingerprint density at radius 3 is 2.81 bits per heavy atom. The van der Waals surface area contributed by atoms with E-state index in [-0.39, 0.29) is 11.8 Å². The lowest BCUT2D eigenvalue weighted by Crippen LogP contribution is -2.45. The summed E-state index contributed by atoms with van der Waals surface area (Å²) in [5.74, 6) is 0.246. The first-order chi connectivity index (χ1) is 12.7. The van der Waals surface area contributed by atoms with Gasteiger partial charge in [-0.2, -0.15) is 0 Å². The van der Waals surface area contributed by atoms with E-state index in [4.69, 9.17) is 0 Å². The van der Waals surface area contributed by atoms with Gasteiger partial charge in [-0.25, -0.2) is 0 Å². The highest BCUT2D eigenvalue weighted by Gasteiger charge is 2.31. The first-order valence-electron chi connectivity index (χ1n) is 9.54. The van der Waals surface area contributed by atoms with Crippen molar-refractivity contribution >= 4 is 16.7 Å². The molecule has 0 spiro atoms. The van der Waals surface area contributed by atoms with E-state index in [1.165, 1.54) is 21.9 Å². The molecule has 136 valence electrons. The molecule has 0 bridgehead atoms. The molecule has 4 nitrogen and oxygen atoms in total. The lowest BCUT2D eigenvalue weighted by Gasteiger charge is -2.36. The number of nitrogens with zero attached hydrogens (tertiary/aromatic N) is 1. The second kappa shape index (κ2) is 7.60. The minimum absolute atomic E-state index is 0.0988. The van der Waals surface area contributed by atoms with Crippen LogP contribution in [-0.2, 0) is 4.79 Å². The first-order valence-corrected chi connectivity index (χ1v) is 9.54. The smallest absolute Gasteiger partial charge is 0.226 e. The van der Waals surface area contributed by atoms with Crippen LogP contribution in [0.25, 0.3) is 10.8 Å². The van der Waals surface area contributed by atoms with Crippen LogP contribution < -0.4 is 5.32 Å². The van der Waals surface area contributed by atoms with E-state index in [1.807, 2.05) is 17.0 Å². The van der Waals surface area contributed by atoms with Gasteiger partial charge in [0.25, 0.3) is 0 Å². The molecule has 2 aliphatic rings. The summed E-state index contributed by atoms with van der Waals surface area (Å²) in [7, 11) is 0. The van der Waals surface area contributed by atoms with E-state index in [0.717, 1.165) is 32.5 Å². The van der Waals surface area contributed by atoms with Crippen molar-refractivity contribution in [3.05, 3.63) is 59.7 Å². The second-order valence-corrected chi connectivity index (χ2v) is 7.40. The molecule has 1 amide bonds. The van der Waals surface area contributed by atoms with Gasteiger partial charge in [-0.1, -0.05) is 54.1 Å². The Morgan fingerprint density at radius 2 is 2.04 bits per heavy atom. The SMILES string of the molecule is O=C(CC1=CCNCC1)N1CC[C@@H](c2ccc3ccccc3c2)[C@H](O)C1. The van der Waals surface area contributed by atoms with Crippen molar-refractivity contribution in [2.24, 2.45) is 0 Å². The van der Waals surface area contributed by atoms with E-state index in [2.05, 4.69) is 41.7 Å². The number of likely N-dealkylation sites (tertiary alicyclic amines) is 1. The average Bonchev–Trinajstić information content (AvgIpc) is 2.68. The van der Waals surface area contributed by atoms with Crippen molar-refractivity contribution < 1.29 is 9.90 Å². The number of carbonyl (C=O) groups excluding carboxylic acids is 1. The van der Waals surface area contributed by atoms with Crippen molar-refractivity contribution in [1.82, 2.24) is 10.2 Å². The van der Waals surface area contributed by atoms with Crippen molar-refractivity contribution in [3.63, 3.8) is 0 Å². The minimum Gasteiger partial charge on any atom is -0.391 e. The Hall–Kier alpha value is -2.17. The Balaban J connectivity index is 1.42. The molecular formula is C22H26N2O2. The van der Waals surface area contributed by atoms with Gasteiger partial charge in [-0.15, -0.1) is 0 Å². The maximum atomic E-state index is 12.6. The molecule has 2 aliphatic heterocycles. The van der Waals surface area contributed by atoms with Gasteiger partial charge in [0, 0.05) is 32.0 Å². The van der Waals surface area contributed by atoms with Gasteiger partial charge in [0.1, 0.15) is 0 Å². The number of hydrogen-bond acceptors (Lipinski definition) is 3. The monoisotopic (exact) mass is 350 g/mol. The number of hydrogen-bond donors (Lipinski definition) is 2. The zero-order valence-corrected chi connectivity index (χ0v) is 15.0. The predicted octanol–water partition coefficient (Wildman–Crippen LogP) is 2.83.